The van der Waals surface area contributed by atoms with Crippen LogP contribution in [0.15, 0.2) is 0 Å². The van der Waals surface area contributed by atoms with E-state index in [1.165, 1.54) is 4.31 Å². The highest BCUT2D eigenvalue weighted by Gasteiger charge is 2.24. The van der Waals surface area contributed by atoms with Gasteiger partial charge in [-0.2, -0.15) is 0 Å². The van der Waals surface area contributed by atoms with Crippen LogP contribution in [0, 0.1) is 0 Å². The Kier molecular flexibility index (Phi) is 7.14. The van der Waals surface area contributed by atoms with Crippen molar-refractivity contribution < 1.29 is 13.2 Å². The lowest BCUT2D eigenvalue weighted by Gasteiger charge is -2.22. The van der Waals surface area contributed by atoms with Gasteiger partial charge in [-0.25, -0.2) is 12.7 Å². The van der Waals surface area contributed by atoms with Crippen molar-refractivity contribution in [3.05, 3.63) is 0 Å². The first kappa shape index (κ1) is 15.8. The summed E-state index contributed by atoms with van der Waals surface area (Å²) in [5.41, 5.74) is 0. The van der Waals surface area contributed by atoms with E-state index in [9.17, 15) is 8.42 Å². The van der Waals surface area contributed by atoms with Crippen LogP contribution in [0.4, 0.5) is 0 Å². The molecule has 0 aliphatic rings. The van der Waals surface area contributed by atoms with Gasteiger partial charge in [0.25, 0.3) is 0 Å². The largest absolute Gasteiger partial charge is 0.377 e. The Morgan fingerprint density at radius 1 is 1.31 bits per heavy atom. The molecule has 98 valence electrons. The fourth-order valence-electron chi connectivity index (χ4n) is 1.24. The minimum absolute atomic E-state index is 0.130. The number of nitrogens with one attached hydrogen (secondary N) is 1. The van der Waals surface area contributed by atoms with E-state index in [2.05, 4.69) is 5.32 Å². The van der Waals surface area contributed by atoms with Gasteiger partial charge >= 0.3 is 0 Å². The second-order valence-electron chi connectivity index (χ2n) is 4.15. The zero-order valence-corrected chi connectivity index (χ0v) is 11.7. The van der Waals surface area contributed by atoms with Crippen molar-refractivity contribution in [2.45, 2.75) is 32.1 Å². The molecule has 0 aromatic rings. The second-order valence-corrected chi connectivity index (χ2v) is 6.61. The first-order chi connectivity index (χ1) is 7.32. The van der Waals surface area contributed by atoms with Crippen LogP contribution in [0.2, 0.25) is 0 Å². The third-order valence-corrected chi connectivity index (χ3v) is 4.53. The number of nitrogens with zero attached hydrogens (tertiary/aromatic N) is 1. The molecule has 0 aromatic heterocycles. The van der Waals surface area contributed by atoms with Gasteiger partial charge in [-0.05, 0) is 27.8 Å². The van der Waals surface area contributed by atoms with E-state index in [1.807, 2.05) is 13.8 Å². The molecule has 0 saturated carbocycles. The Bertz CT molecular complexity index is 278. The van der Waals surface area contributed by atoms with Gasteiger partial charge in [0.1, 0.15) is 0 Å². The summed E-state index contributed by atoms with van der Waals surface area (Å²) in [5, 5.41) is 2.45. The van der Waals surface area contributed by atoms with Crippen molar-refractivity contribution in [2.75, 3.05) is 33.8 Å². The molecule has 0 spiro atoms. The predicted octanol–water partition coefficient (Wildman–Crippen LogP) is 0.281. The molecule has 0 heterocycles. The fourth-order valence-corrected chi connectivity index (χ4v) is 2.56. The molecular weight excluding hydrogens is 228 g/mol. The summed E-state index contributed by atoms with van der Waals surface area (Å²) in [6.45, 7) is 6.84. The number of likely N-dealkylation sites (N-methyl/N-ethyl adjacent to an activating group) is 1. The number of sulfonamides is 1. The molecule has 1 N–H and O–H groups in total. The Morgan fingerprint density at radius 3 is 2.31 bits per heavy atom. The lowest BCUT2D eigenvalue weighted by Crippen LogP contribution is -2.40. The van der Waals surface area contributed by atoms with Crippen molar-refractivity contribution in [3.8, 4) is 0 Å². The van der Waals surface area contributed by atoms with E-state index in [0.29, 0.717) is 19.7 Å². The summed E-state index contributed by atoms with van der Waals surface area (Å²) in [4.78, 5) is 0. The van der Waals surface area contributed by atoms with Crippen LogP contribution in [0.25, 0.3) is 0 Å². The molecule has 0 aliphatic carbocycles. The van der Waals surface area contributed by atoms with Crippen LogP contribution in [0.1, 0.15) is 20.8 Å². The normalized spacial score (nSPS) is 14.7. The molecule has 6 heteroatoms. The SMILES string of the molecule is CNCC(C)S(=O)(=O)N(C)CCOC(C)C. The predicted molar refractivity (Wildman–Crippen MR) is 66.0 cm³/mol. The van der Waals surface area contributed by atoms with Crippen LogP contribution in [-0.4, -0.2) is 57.9 Å². The first-order valence-corrected chi connectivity index (χ1v) is 7.04. The molecule has 0 amide bonds. The van der Waals surface area contributed by atoms with E-state index in [1.54, 1.807) is 21.0 Å². The van der Waals surface area contributed by atoms with Gasteiger partial charge in [-0.3, -0.25) is 0 Å². The van der Waals surface area contributed by atoms with Crippen molar-refractivity contribution in [2.24, 2.45) is 0 Å². The van der Waals surface area contributed by atoms with Crippen molar-refractivity contribution in [1.82, 2.24) is 9.62 Å². The van der Waals surface area contributed by atoms with Crippen LogP contribution < -0.4 is 5.32 Å². The standard InChI is InChI=1S/C10H24N2O3S/c1-9(2)15-7-6-12(5)16(13,14)10(3)8-11-4/h9-11H,6-8H2,1-5H3. The zero-order chi connectivity index (χ0) is 12.8. The van der Waals surface area contributed by atoms with Crippen molar-refractivity contribution >= 4 is 10.0 Å². The monoisotopic (exact) mass is 252 g/mol. The maximum atomic E-state index is 11.9. The van der Waals surface area contributed by atoms with E-state index in [-0.39, 0.29) is 6.10 Å². The average Bonchev–Trinajstić information content (AvgIpc) is 2.17. The van der Waals surface area contributed by atoms with E-state index in [4.69, 9.17) is 4.74 Å². The maximum absolute atomic E-state index is 11.9. The number of rotatable bonds is 8. The molecule has 1 atom stereocenters. The lowest BCUT2D eigenvalue weighted by atomic mass is 10.5. The van der Waals surface area contributed by atoms with Crippen molar-refractivity contribution in [1.29, 1.82) is 0 Å². The molecule has 0 bridgehead atoms. The minimum atomic E-state index is -3.21. The number of hydrogen-bond acceptors (Lipinski definition) is 4. The zero-order valence-electron chi connectivity index (χ0n) is 10.9. The first-order valence-electron chi connectivity index (χ1n) is 5.53. The van der Waals surface area contributed by atoms with Gasteiger partial charge < -0.3 is 10.1 Å². The number of ether oxygens (including phenoxy) is 1. The Hall–Kier alpha value is -0.170. The highest BCUT2D eigenvalue weighted by molar-refractivity contribution is 7.89. The van der Waals surface area contributed by atoms with Gasteiger partial charge in [0.05, 0.1) is 18.0 Å². The van der Waals surface area contributed by atoms with E-state index >= 15 is 0 Å². The van der Waals surface area contributed by atoms with Gasteiger partial charge in [0, 0.05) is 20.1 Å². The summed E-state index contributed by atoms with van der Waals surface area (Å²) in [5.74, 6) is 0. The Morgan fingerprint density at radius 2 is 1.88 bits per heavy atom. The van der Waals surface area contributed by atoms with E-state index < -0.39 is 15.3 Å². The third-order valence-electron chi connectivity index (χ3n) is 2.29. The topological polar surface area (TPSA) is 58.6 Å². The fraction of sp³-hybridized carbons (Fsp3) is 1.00. The summed E-state index contributed by atoms with van der Waals surface area (Å²) < 4.78 is 30.5. The van der Waals surface area contributed by atoms with Crippen LogP contribution in [0.5, 0.6) is 0 Å². The summed E-state index contributed by atoms with van der Waals surface area (Å²) in [6.07, 6.45) is 0.130. The third kappa shape index (κ3) is 5.25. The summed E-state index contributed by atoms with van der Waals surface area (Å²) >= 11 is 0. The molecule has 0 fully saturated rings. The lowest BCUT2D eigenvalue weighted by molar-refractivity contribution is 0.0736. The average molecular weight is 252 g/mol. The highest BCUT2D eigenvalue weighted by Crippen LogP contribution is 2.05. The Balaban J connectivity index is 4.19. The molecule has 0 saturated heterocycles. The molecule has 0 rings (SSSR count). The van der Waals surface area contributed by atoms with Crippen LogP contribution >= 0.6 is 0 Å². The quantitative estimate of drug-likeness (QED) is 0.674. The second kappa shape index (κ2) is 7.21. The molecular formula is C10H24N2O3S. The molecule has 16 heavy (non-hydrogen) atoms. The smallest absolute Gasteiger partial charge is 0.217 e. The molecule has 1 unspecified atom stereocenters. The molecule has 0 radical (unpaired) electrons. The van der Waals surface area contributed by atoms with Crippen molar-refractivity contribution in [3.63, 3.8) is 0 Å². The molecule has 0 aliphatic heterocycles. The van der Waals surface area contributed by atoms with Gasteiger partial charge in [0.15, 0.2) is 0 Å². The number of hydrogen-bond donors (Lipinski definition) is 1. The van der Waals surface area contributed by atoms with Gasteiger partial charge in [-0.1, -0.05) is 0 Å². The summed E-state index contributed by atoms with van der Waals surface area (Å²) in [6, 6.07) is 0. The van der Waals surface area contributed by atoms with Crippen LogP contribution in [-0.2, 0) is 14.8 Å². The van der Waals surface area contributed by atoms with E-state index in [0.717, 1.165) is 0 Å². The Labute approximate surface area is 99.2 Å². The maximum Gasteiger partial charge on any atom is 0.217 e. The van der Waals surface area contributed by atoms with Gasteiger partial charge in [0.2, 0.25) is 10.0 Å². The van der Waals surface area contributed by atoms with Crippen LogP contribution in [0.3, 0.4) is 0 Å². The van der Waals surface area contributed by atoms with Gasteiger partial charge in [-0.15, -0.1) is 0 Å². The summed E-state index contributed by atoms with van der Waals surface area (Å²) in [7, 11) is 0.124. The highest BCUT2D eigenvalue weighted by atomic mass is 32.2. The molecule has 0 aromatic carbocycles. The minimum Gasteiger partial charge on any atom is -0.377 e. The molecule has 5 nitrogen and oxygen atoms in total.